The second kappa shape index (κ2) is 5.28. The Labute approximate surface area is 110 Å². The number of aromatic nitrogens is 1. The molecule has 0 bridgehead atoms. The molecule has 2 aromatic rings. The molecule has 7 heteroatoms. The van der Waals surface area contributed by atoms with Gasteiger partial charge in [0, 0.05) is 11.1 Å². The Kier molecular flexibility index (Phi) is 3.69. The fourth-order valence-corrected chi connectivity index (χ4v) is 1.67. The molecule has 0 atom stereocenters. The number of rotatable bonds is 3. The minimum Gasteiger partial charge on any atom is -0.405 e. The van der Waals surface area contributed by atoms with Crippen LogP contribution in [0.25, 0.3) is 11.1 Å². The van der Waals surface area contributed by atoms with Crippen molar-refractivity contribution in [2.45, 2.75) is 6.36 Å². The molecule has 0 fully saturated rings. The third-order valence-corrected chi connectivity index (χ3v) is 2.41. The summed E-state index contributed by atoms with van der Waals surface area (Å²) in [4.78, 5) is 14.2. The molecule has 0 aliphatic rings. The highest BCUT2D eigenvalue weighted by molar-refractivity contribution is 5.87. The van der Waals surface area contributed by atoms with Crippen LogP contribution in [0.3, 0.4) is 0 Å². The van der Waals surface area contributed by atoms with Crippen molar-refractivity contribution in [3.8, 4) is 16.9 Å². The molecular weight excluding hydrogens is 278 g/mol. The topological polar surface area (TPSA) is 39.2 Å². The van der Waals surface area contributed by atoms with Gasteiger partial charge in [-0.05, 0) is 18.2 Å². The summed E-state index contributed by atoms with van der Waals surface area (Å²) in [6.45, 7) is 0. The summed E-state index contributed by atoms with van der Waals surface area (Å²) in [5.74, 6) is -1.39. The number of carbonyl (C=O) groups excluding carboxylic acids is 1. The monoisotopic (exact) mass is 285 g/mol. The Morgan fingerprint density at radius 1 is 1.05 bits per heavy atom. The molecule has 20 heavy (non-hydrogen) atoms. The molecule has 0 saturated heterocycles. The SMILES string of the molecule is O=Cc1nc(F)ccc1-c1ccccc1OC(F)(F)F. The predicted molar refractivity (Wildman–Crippen MR) is 61.7 cm³/mol. The van der Waals surface area contributed by atoms with Crippen molar-refractivity contribution in [2.75, 3.05) is 0 Å². The lowest BCUT2D eigenvalue weighted by Crippen LogP contribution is -2.17. The van der Waals surface area contributed by atoms with Gasteiger partial charge in [0.25, 0.3) is 0 Å². The van der Waals surface area contributed by atoms with Gasteiger partial charge >= 0.3 is 6.36 Å². The van der Waals surface area contributed by atoms with Crippen LogP contribution in [0.5, 0.6) is 5.75 Å². The Hall–Kier alpha value is -2.44. The van der Waals surface area contributed by atoms with E-state index >= 15 is 0 Å². The molecular formula is C13H7F4NO2. The number of nitrogens with zero attached hydrogens (tertiary/aromatic N) is 1. The first-order chi connectivity index (χ1) is 9.40. The van der Waals surface area contributed by atoms with Crippen LogP contribution in [0.15, 0.2) is 36.4 Å². The molecule has 1 aromatic heterocycles. The zero-order valence-corrected chi connectivity index (χ0v) is 9.82. The number of para-hydroxylation sites is 1. The quantitative estimate of drug-likeness (QED) is 0.491. The molecule has 0 amide bonds. The van der Waals surface area contributed by atoms with Crippen molar-refractivity contribution < 1.29 is 27.1 Å². The fourth-order valence-electron chi connectivity index (χ4n) is 1.67. The minimum absolute atomic E-state index is 0.000532. The standard InChI is InChI=1S/C13H7F4NO2/c14-12-6-5-8(10(7-19)18-12)9-3-1-2-4-11(9)20-13(15,16)17/h1-7H. The second-order valence-electron chi connectivity index (χ2n) is 3.73. The first-order valence-electron chi connectivity index (χ1n) is 5.37. The largest absolute Gasteiger partial charge is 0.573 e. The van der Waals surface area contributed by atoms with E-state index in [-0.39, 0.29) is 23.1 Å². The predicted octanol–water partition coefficient (Wildman–Crippen LogP) is 3.60. The highest BCUT2D eigenvalue weighted by atomic mass is 19.4. The molecule has 1 heterocycles. The lowest BCUT2D eigenvalue weighted by molar-refractivity contribution is -0.274. The number of halogens is 4. The van der Waals surface area contributed by atoms with Gasteiger partial charge in [-0.3, -0.25) is 4.79 Å². The van der Waals surface area contributed by atoms with Crippen LogP contribution in [-0.2, 0) is 0 Å². The number of carbonyl (C=O) groups is 1. The first kappa shape index (κ1) is 14.0. The molecule has 104 valence electrons. The maximum absolute atomic E-state index is 12.9. The van der Waals surface area contributed by atoms with Crippen LogP contribution in [-0.4, -0.2) is 17.6 Å². The Bertz CT molecular complexity index is 641. The van der Waals surface area contributed by atoms with E-state index < -0.39 is 18.1 Å². The van der Waals surface area contributed by atoms with Crippen molar-refractivity contribution in [3.63, 3.8) is 0 Å². The van der Waals surface area contributed by atoms with Gasteiger partial charge in [0.2, 0.25) is 5.95 Å². The molecule has 0 aliphatic heterocycles. The summed E-state index contributed by atoms with van der Waals surface area (Å²) in [6.07, 6.45) is -4.60. The average molecular weight is 285 g/mol. The number of benzene rings is 1. The smallest absolute Gasteiger partial charge is 0.405 e. The zero-order valence-electron chi connectivity index (χ0n) is 9.82. The summed E-state index contributed by atoms with van der Waals surface area (Å²) < 4.78 is 53.8. The van der Waals surface area contributed by atoms with E-state index in [4.69, 9.17) is 0 Å². The van der Waals surface area contributed by atoms with Crippen LogP contribution < -0.4 is 4.74 Å². The number of hydrogen-bond donors (Lipinski definition) is 0. The highest BCUT2D eigenvalue weighted by Gasteiger charge is 2.32. The van der Waals surface area contributed by atoms with Crippen molar-refractivity contribution >= 4 is 6.29 Å². The van der Waals surface area contributed by atoms with Crippen LogP contribution in [0.4, 0.5) is 17.6 Å². The number of aldehydes is 1. The van der Waals surface area contributed by atoms with Gasteiger partial charge in [-0.25, -0.2) is 4.98 Å². The lowest BCUT2D eigenvalue weighted by Gasteiger charge is -2.13. The van der Waals surface area contributed by atoms with E-state index in [1.807, 2.05) is 0 Å². The van der Waals surface area contributed by atoms with Gasteiger partial charge in [-0.1, -0.05) is 18.2 Å². The van der Waals surface area contributed by atoms with Crippen molar-refractivity contribution in [2.24, 2.45) is 0 Å². The van der Waals surface area contributed by atoms with Gasteiger partial charge < -0.3 is 4.74 Å². The van der Waals surface area contributed by atoms with Crippen LogP contribution in [0.2, 0.25) is 0 Å². The van der Waals surface area contributed by atoms with Crippen LogP contribution in [0, 0.1) is 5.95 Å². The zero-order chi connectivity index (χ0) is 14.8. The summed E-state index contributed by atoms with van der Waals surface area (Å²) >= 11 is 0. The van der Waals surface area contributed by atoms with Gasteiger partial charge in [0.05, 0.1) is 0 Å². The van der Waals surface area contributed by atoms with Crippen molar-refractivity contribution in [1.82, 2.24) is 4.98 Å². The average Bonchev–Trinajstić information content (AvgIpc) is 2.38. The van der Waals surface area contributed by atoms with Crippen molar-refractivity contribution in [3.05, 3.63) is 48.0 Å². The molecule has 0 unspecified atom stereocenters. The van der Waals surface area contributed by atoms with Crippen LogP contribution >= 0.6 is 0 Å². The van der Waals surface area contributed by atoms with Gasteiger partial charge in [0.1, 0.15) is 11.4 Å². The van der Waals surface area contributed by atoms with Crippen molar-refractivity contribution in [1.29, 1.82) is 0 Å². The molecule has 2 rings (SSSR count). The minimum atomic E-state index is -4.87. The number of ether oxygens (including phenoxy) is 1. The third-order valence-electron chi connectivity index (χ3n) is 2.41. The van der Waals surface area contributed by atoms with Crippen LogP contribution in [0.1, 0.15) is 10.5 Å². The Morgan fingerprint density at radius 2 is 1.75 bits per heavy atom. The van der Waals surface area contributed by atoms with E-state index in [9.17, 15) is 22.4 Å². The molecule has 1 aromatic carbocycles. The maximum atomic E-state index is 12.9. The molecule has 0 saturated carbocycles. The number of alkyl halides is 3. The van der Waals surface area contributed by atoms with E-state index in [1.165, 1.54) is 24.3 Å². The Morgan fingerprint density at radius 3 is 2.40 bits per heavy atom. The van der Waals surface area contributed by atoms with Gasteiger partial charge in [0.15, 0.2) is 6.29 Å². The molecule has 3 nitrogen and oxygen atoms in total. The summed E-state index contributed by atoms with van der Waals surface area (Å²) in [6, 6.07) is 7.36. The third kappa shape index (κ3) is 3.11. The highest BCUT2D eigenvalue weighted by Crippen LogP contribution is 2.34. The summed E-state index contributed by atoms with van der Waals surface area (Å²) in [7, 11) is 0. The molecule has 0 N–H and O–H groups in total. The molecule has 0 aliphatic carbocycles. The second-order valence-corrected chi connectivity index (χ2v) is 3.73. The fraction of sp³-hybridized carbons (Fsp3) is 0.0769. The maximum Gasteiger partial charge on any atom is 0.573 e. The van der Waals surface area contributed by atoms with E-state index in [0.29, 0.717) is 0 Å². The molecule has 0 spiro atoms. The van der Waals surface area contributed by atoms with Gasteiger partial charge in [-0.15, -0.1) is 13.2 Å². The number of hydrogen-bond acceptors (Lipinski definition) is 3. The number of pyridine rings is 1. The molecule has 0 radical (unpaired) electrons. The van der Waals surface area contributed by atoms with E-state index in [0.717, 1.165) is 12.1 Å². The van der Waals surface area contributed by atoms with Gasteiger partial charge in [-0.2, -0.15) is 4.39 Å². The summed E-state index contributed by atoms with van der Waals surface area (Å²) in [5.41, 5.74) is -0.246. The normalized spacial score (nSPS) is 11.2. The van der Waals surface area contributed by atoms with E-state index in [1.54, 1.807) is 0 Å². The Balaban J connectivity index is 2.56. The lowest BCUT2D eigenvalue weighted by atomic mass is 10.0. The summed E-state index contributed by atoms with van der Waals surface area (Å²) in [5, 5.41) is 0. The van der Waals surface area contributed by atoms with E-state index in [2.05, 4.69) is 9.72 Å². The first-order valence-corrected chi connectivity index (χ1v) is 5.37.